The fourth-order valence-corrected chi connectivity index (χ4v) is 2.16. The van der Waals surface area contributed by atoms with Gasteiger partial charge in [-0.05, 0) is 24.3 Å². The highest BCUT2D eigenvalue weighted by Gasteiger charge is 2.11. The third kappa shape index (κ3) is 3.92. The number of anilines is 3. The van der Waals surface area contributed by atoms with Gasteiger partial charge < -0.3 is 15.4 Å². The number of hydrogen-bond acceptors (Lipinski definition) is 5. The van der Waals surface area contributed by atoms with Crippen molar-refractivity contribution in [1.29, 1.82) is 0 Å². The van der Waals surface area contributed by atoms with E-state index in [4.69, 9.17) is 4.74 Å². The summed E-state index contributed by atoms with van der Waals surface area (Å²) in [5.41, 5.74) is 0.843. The summed E-state index contributed by atoms with van der Waals surface area (Å²) >= 11 is 0. The molecule has 8 heteroatoms. The van der Waals surface area contributed by atoms with Gasteiger partial charge in [0.2, 0.25) is 0 Å². The van der Waals surface area contributed by atoms with Crippen LogP contribution in [0.1, 0.15) is 10.5 Å². The Labute approximate surface area is 147 Å². The summed E-state index contributed by atoms with van der Waals surface area (Å²) in [7, 11) is 1.55. The first-order valence-electron chi connectivity index (χ1n) is 7.55. The summed E-state index contributed by atoms with van der Waals surface area (Å²) in [6.07, 6.45) is 2.65. The molecule has 0 aliphatic heterocycles. The minimum Gasteiger partial charge on any atom is -0.495 e. The molecule has 3 rings (SSSR count). The van der Waals surface area contributed by atoms with Gasteiger partial charge in [-0.25, -0.2) is 18.7 Å². The van der Waals surface area contributed by atoms with Gasteiger partial charge in [0.15, 0.2) is 11.6 Å². The number of rotatable bonds is 5. The predicted molar refractivity (Wildman–Crippen MR) is 92.6 cm³/mol. The zero-order valence-corrected chi connectivity index (χ0v) is 13.7. The van der Waals surface area contributed by atoms with E-state index >= 15 is 0 Å². The molecule has 1 heterocycles. The van der Waals surface area contributed by atoms with Gasteiger partial charge in [0, 0.05) is 11.8 Å². The van der Waals surface area contributed by atoms with Crippen LogP contribution in [0.2, 0.25) is 0 Å². The molecule has 0 radical (unpaired) electrons. The van der Waals surface area contributed by atoms with Crippen molar-refractivity contribution in [3.8, 4) is 5.75 Å². The van der Waals surface area contributed by atoms with E-state index in [9.17, 15) is 13.6 Å². The molecule has 0 aliphatic carbocycles. The second-order valence-corrected chi connectivity index (χ2v) is 5.20. The van der Waals surface area contributed by atoms with Crippen LogP contribution in [0, 0.1) is 11.6 Å². The molecule has 6 nitrogen and oxygen atoms in total. The highest BCUT2D eigenvalue weighted by atomic mass is 19.2. The maximum absolute atomic E-state index is 13.2. The normalized spacial score (nSPS) is 10.3. The standard InChI is InChI=1S/C18H14F2N4O2/c1-26-16-5-3-2-4-14(16)24-17-10-21-15(9-22-17)18(25)23-11-6-7-12(19)13(20)8-11/h2-10H,1H3,(H,22,24)(H,23,25). The van der Waals surface area contributed by atoms with Crippen LogP contribution < -0.4 is 15.4 Å². The molecule has 0 bridgehead atoms. The number of halogens is 2. The molecule has 26 heavy (non-hydrogen) atoms. The Hall–Kier alpha value is -3.55. The zero-order valence-electron chi connectivity index (χ0n) is 13.7. The first kappa shape index (κ1) is 17.3. The minimum atomic E-state index is -1.05. The number of methoxy groups -OCH3 is 1. The van der Waals surface area contributed by atoms with E-state index in [1.165, 1.54) is 18.5 Å². The average molecular weight is 356 g/mol. The van der Waals surface area contributed by atoms with Crippen LogP contribution >= 0.6 is 0 Å². The monoisotopic (exact) mass is 356 g/mol. The number of nitrogens with zero attached hydrogens (tertiary/aromatic N) is 2. The molecular formula is C18H14F2N4O2. The Morgan fingerprint density at radius 2 is 1.85 bits per heavy atom. The summed E-state index contributed by atoms with van der Waals surface area (Å²) < 4.78 is 31.3. The van der Waals surface area contributed by atoms with Gasteiger partial charge in [0.05, 0.1) is 25.2 Å². The second kappa shape index (κ2) is 7.56. The molecule has 0 unspecified atom stereocenters. The summed E-state index contributed by atoms with van der Waals surface area (Å²) in [5, 5.41) is 5.46. The molecule has 3 aromatic rings. The van der Waals surface area contributed by atoms with E-state index in [0.29, 0.717) is 17.3 Å². The van der Waals surface area contributed by atoms with Crippen molar-refractivity contribution in [2.45, 2.75) is 0 Å². The van der Waals surface area contributed by atoms with E-state index in [2.05, 4.69) is 20.6 Å². The van der Waals surface area contributed by atoms with E-state index in [0.717, 1.165) is 12.1 Å². The Morgan fingerprint density at radius 1 is 1.04 bits per heavy atom. The van der Waals surface area contributed by atoms with Crippen molar-refractivity contribution in [3.05, 3.63) is 72.2 Å². The van der Waals surface area contributed by atoms with Crippen LogP contribution in [0.25, 0.3) is 0 Å². The fourth-order valence-electron chi connectivity index (χ4n) is 2.16. The van der Waals surface area contributed by atoms with Crippen molar-refractivity contribution in [3.63, 3.8) is 0 Å². The molecule has 2 aromatic carbocycles. The SMILES string of the molecule is COc1ccccc1Nc1cnc(C(=O)Nc2ccc(F)c(F)c2)cn1. The molecule has 0 saturated heterocycles. The summed E-state index contributed by atoms with van der Waals surface area (Å²) in [6, 6.07) is 10.3. The largest absolute Gasteiger partial charge is 0.495 e. The van der Waals surface area contributed by atoms with Crippen LogP contribution in [0.4, 0.5) is 26.0 Å². The number of ether oxygens (including phenoxy) is 1. The van der Waals surface area contributed by atoms with E-state index in [1.54, 1.807) is 13.2 Å². The van der Waals surface area contributed by atoms with Crippen LogP contribution in [0.5, 0.6) is 5.75 Å². The van der Waals surface area contributed by atoms with Gasteiger partial charge in [-0.15, -0.1) is 0 Å². The Bertz CT molecular complexity index is 933. The molecule has 2 N–H and O–H groups in total. The highest BCUT2D eigenvalue weighted by Crippen LogP contribution is 2.25. The van der Waals surface area contributed by atoms with E-state index < -0.39 is 17.5 Å². The van der Waals surface area contributed by atoms with Crippen LogP contribution in [-0.4, -0.2) is 23.0 Å². The van der Waals surface area contributed by atoms with Crippen molar-refractivity contribution < 1.29 is 18.3 Å². The molecule has 0 aliphatic rings. The molecule has 132 valence electrons. The zero-order chi connectivity index (χ0) is 18.5. The van der Waals surface area contributed by atoms with Gasteiger partial charge in [0.1, 0.15) is 17.3 Å². The number of benzene rings is 2. The smallest absolute Gasteiger partial charge is 0.275 e. The average Bonchev–Trinajstić information content (AvgIpc) is 2.66. The molecule has 0 saturated carbocycles. The number of para-hydroxylation sites is 2. The number of aromatic nitrogens is 2. The molecular weight excluding hydrogens is 342 g/mol. The summed E-state index contributed by atoms with van der Waals surface area (Å²) in [4.78, 5) is 20.3. The lowest BCUT2D eigenvalue weighted by Gasteiger charge is -2.10. The number of carbonyl (C=O) groups excluding carboxylic acids is 1. The number of carbonyl (C=O) groups is 1. The maximum Gasteiger partial charge on any atom is 0.275 e. The van der Waals surface area contributed by atoms with E-state index in [1.807, 2.05) is 18.2 Å². The molecule has 1 amide bonds. The van der Waals surface area contributed by atoms with E-state index in [-0.39, 0.29) is 11.4 Å². The number of hydrogen-bond donors (Lipinski definition) is 2. The Morgan fingerprint density at radius 3 is 2.54 bits per heavy atom. The third-order valence-corrected chi connectivity index (χ3v) is 3.43. The van der Waals surface area contributed by atoms with Gasteiger partial charge in [-0.1, -0.05) is 12.1 Å². The molecule has 0 fully saturated rings. The Kier molecular flexibility index (Phi) is 5.02. The quantitative estimate of drug-likeness (QED) is 0.728. The topological polar surface area (TPSA) is 76.1 Å². The molecule has 0 spiro atoms. The van der Waals surface area contributed by atoms with Crippen LogP contribution in [0.15, 0.2) is 54.9 Å². The fraction of sp³-hybridized carbons (Fsp3) is 0.0556. The minimum absolute atomic E-state index is 0.0281. The maximum atomic E-state index is 13.2. The predicted octanol–water partition coefficient (Wildman–Crippen LogP) is 3.76. The van der Waals surface area contributed by atoms with Gasteiger partial charge in [-0.3, -0.25) is 4.79 Å². The first-order valence-corrected chi connectivity index (χ1v) is 7.55. The lowest BCUT2D eigenvalue weighted by atomic mass is 10.3. The highest BCUT2D eigenvalue weighted by molar-refractivity contribution is 6.02. The Balaban J connectivity index is 1.70. The molecule has 0 atom stereocenters. The van der Waals surface area contributed by atoms with Gasteiger partial charge >= 0.3 is 0 Å². The van der Waals surface area contributed by atoms with Crippen molar-refractivity contribution in [2.24, 2.45) is 0 Å². The lowest BCUT2D eigenvalue weighted by molar-refractivity contribution is 0.102. The van der Waals surface area contributed by atoms with Gasteiger partial charge in [-0.2, -0.15) is 0 Å². The van der Waals surface area contributed by atoms with Crippen LogP contribution in [-0.2, 0) is 0 Å². The lowest BCUT2D eigenvalue weighted by Crippen LogP contribution is -2.14. The van der Waals surface area contributed by atoms with Crippen LogP contribution in [0.3, 0.4) is 0 Å². The van der Waals surface area contributed by atoms with Crippen molar-refractivity contribution >= 4 is 23.1 Å². The number of nitrogens with one attached hydrogen (secondary N) is 2. The second-order valence-electron chi connectivity index (χ2n) is 5.20. The summed E-state index contributed by atoms with van der Waals surface area (Å²) in [6.45, 7) is 0. The first-order chi connectivity index (χ1) is 12.6. The third-order valence-electron chi connectivity index (χ3n) is 3.43. The van der Waals surface area contributed by atoms with Crippen molar-refractivity contribution in [2.75, 3.05) is 17.7 Å². The number of amides is 1. The summed E-state index contributed by atoms with van der Waals surface area (Å²) in [5.74, 6) is -1.58. The van der Waals surface area contributed by atoms with Gasteiger partial charge in [0.25, 0.3) is 5.91 Å². The van der Waals surface area contributed by atoms with Crippen molar-refractivity contribution in [1.82, 2.24) is 9.97 Å². The molecule has 1 aromatic heterocycles.